The SMILES string of the molecule is COC(=O)C1=C(c2ccccc2)C2=CC(C(=O)OC)(C(=O)OC)c3cc(OC)ccc3N2C1=O. The highest BCUT2D eigenvalue weighted by molar-refractivity contribution is 6.35. The summed E-state index contributed by atoms with van der Waals surface area (Å²) in [4.78, 5) is 54.0. The Morgan fingerprint density at radius 3 is 2.06 bits per heavy atom. The number of allylic oxidation sites excluding steroid dienone is 1. The first-order valence-electron chi connectivity index (χ1n) is 10.2. The molecule has 2 heterocycles. The van der Waals surface area contributed by atoms with E-state index in [1.807, 2.05) is 0 Å². The van der Waals surface area contributed by atoms with Crippen LogP contribution in [0.2, 0.25) is 0 Å². The minimum absolute atomic E-state index is 0.112. The summed E-state index contributed by atoms with van der Waals surface area (Å²) >= 11 is 0. The highest BCUT2D eigenvalue weighted by Gasteiger charge is 2.57. The van der Waals surface area contributed by atoms with Gasteiger partial charge in [0.05, 0.1) is 39.8 Å². The van der Waals surface area contributed by atoms with Gasteiger partial charge >= 0.3 is 17.9 Å². The maximum atomic E-state index is 13.6. The zero-order chi connectivity index (χ0) is 24.6. The second kappa shape index (κ2) is 8.51. The van der Waals surface area contributed by atoms with Crippen LogP contribution in [-0.2, 0) is 38.8 Å². The highest BCUT2D eigenvalue weighted by Crippen LogP contribution is 2.51. The zero-order valence-electron chi connectivity index (χ0n) is 18.9. The van der Waals surface area contributed by atoms with Gasteiger partial charge in [0.25, 0.3) is 5.91 Å². The Hall–Kier alpha value is -4.40. The van der Waals surface area contributed by atoms with E-state index in [1.165, 1.54) is 37.3 Å². The number of methoxy groups -OCH3 is 4. The van der Waals surface area contributed by atoms with E-state index in [0.29, 0.717) is 11.3 Å². The predicted octanol–water partition coefficient (Wildman–Crippen LogP) is 2.15. The van der Waals surface area contributed by atoms with E-state index in [4.69, 9.17) is 18.9 Å². The van der Waals surface area contributed by atoms with E-state index in [0.717, 1.165) is 14.2 Å². The Labute approximate surface area is 195 Å². The van der Waals surface area contributed by atoms with Crippen molar-refractivity contribution in [1.82, 2.24) is 0 Å². The summed E-state index contributed by atoms with van der Waals surface area (Å²) in [6.45, 7) is 0. The molecule has 2 aliphatic rings. The van der Waals surface area contributed by atoms with E-state index in [1.54, 1.807) is 36.4 Å². The van der Waals surface area contributed by atoms with Crippen LogP contribution in [0.3, 0.4) is 0 Å². The molecule has 9 heteroatoms. The number of ether oxygens (including phenoxy) is 4. The van der Waals surface area contributed by atoms with E-state index >= 15 is 0 Å². The average molecular weight is 463 g/mol. The molecule has 0 bridgehead atoms. The van der Waals surface area contributed by atoms with Gasteiger partial charge in [-0.05, 0) is 29.8 Å². The highest BCUT2D eigenvalue weighted by atomic mass is 16.5. The first-order valence-corrected chi connectivity index (χ1v) is 10.2. The molecule has 0 aliphatic carbocycles. The molecule has 0 atom stereocenters. The summed E-state index contributed by atoms with van der Waals surface area (Å²) in [5.74, 6) is -3.02. The zero-order valence-corrected chi connectivity index (χ0v) is 18.9. The van der Waals surface area contributed by atoms with Gasteiger partial charge in [-0.25, -0.2) is 4.79 Å². The van der Waals surface area contributed by atoms with Gasteiger partial charge < -0.3 is 18.9 Å². The lowest BCUT2D eigenvalue weighted by atomic mass is 9.75. The van der Waals surface area contributed by atoms with Crippen LogP contribution in [0.25, 0.3) is 5.57 Å². The largest absolute Gasteiger partial charge is 0.497 e. The third-order valence-corrected chi connectivity index (χ3v) is 5.85. The van der Waals surface area contributed by atoms with Gasteiger partial charge in [-0.1, -0.05) is 30.3 Å². The molecule has 0 saturated heterocycles. The number of nitrogens with zero attached hydrogens (tertiary/aromatic N) is 1. The average Bonchev–Trinajstić information content (AvgIpc) is 3.18. The lowest BCUT2D eigenvalue weighted by Gasteiger charge is -2.36. The Bertz CT molecular complexity index is 1260. The molecule has 0 radical (unpaired) electrons. The minimum Gasteiger partial charge on any atom is -0.497 e. The molecule has 9 nitrogen and oxygen atoms in total. The molecular formula is C25H21NO8. The van der Waals surface area contributed by atoms with E-state index in [9.17, 15) is 19.2 Å². The smallest absolute Gasteiger partial charge is 0.344 e. The van der Waals surface area contributed by atoms with Crippen molar-refractivity contribution in [1.29, 1.82) is 0 Å². The van der Waals surface area contributed by atoms with Gasteiger partial charge in [-0.15, -0.1) is 0 Å². The lowest BCUT2D eigenvalue weighted by Crippen LogP contribution is -2.48. The summed E-state index contributed by atoms with van der Waals surface area (Å²) in [6, 6.07) is 13.2. The van der Waals surface area contributed by atoms with Crippen LogP contribution in [0.4, 0.5) is 5.69 Å². The number of amides is 1. The van der Waals surface area contributed by atoms with Crippen molar-refractivity contribution in [2.75, 3.05) is 33.3 Å². The molecule has 1 amide bonds. The molecule has 2 aromatic carbocycles. The number of fused-ring (bicyclic) bond motifs is 3. The number of anilines is 1. The van der Waals surface area contributed by atoms with Gasteiger partial charge in [0.1, 0.15) is 11.3 Å². The fourth-order valence-electron chi connectivity index (χ4n) is 4.31. The number of hydrogen-bond acceptors (Lipinski definition) is 8. The number of carbonyl (C=O) groups is 4. The minimum atomic E-state index is -2.06. The van der Waals surface area contributed by atoms with Crippen molar-refractivity contribution in [3.63, 3.8) is 0 Å². The Kier molecular flexibility index (Phi) is 5.70. The van der Waals surface area contributed by atoms with Crippen molar-refractivity contribution in [2.45, 2.75) is 5.41 Å². The summed E-state index contributed by atoms with van der Waals surface area (Å²) in [6.07, 6.45) is 1.29. The standard InChI is InChI=1S/C25H21NO8/c1-31-15-10-11-17-16(12-15)25(23(29)33-3,24(30)34-4)13-18-19(14-8-6-5-7-9-14)20(22(28)32-2)21(27)26(17)18/h5-13H,1-4H3. The lowest BCUT2D eigenvalue weighted by molar-refractivity contribution is -0.159. The number of benzene rings is 2. The molecular weight excluding hydrogens is 442 g/mol. The van der Waals surface area contributed by atoms with Gasteiger partial charge in [-0.3, -0.25) is 19.3 Å². The summed E-state index contributed by atoms with van der Waals surface area (Å²) in [5.41, 5.74) is -1.09. The predicted molar refractivity (Wildman–Crippen MR) is 120 cm³/mol. The molecule has 2 aromatic rings. The van der Waals surface area contributed by atoms with Gasteiger partial charge in [0, 0.05) is 11.1 Å². The quantitative estimate of drug-likeness (QED) is 0.287. The molecule has 0 fully saturated rings. The Morgan fingerprint density at radius 2 is 1.50 bits per heavy atom. The van der Waals surface area contributed by atoms with Gasteiger partial charge in [-0.2, -0.15) is 0 Å². The number of esters is 3. The molecule has 2 aliphatic heterocycles. The fraction of sp³-hybridized carbons (Fsp3) is 0.200. The van der Waals surface area contributed by atoms with Crippen LogP contribution in [0.1, 0.15) is 11.1 Å². The van der Waals surface area contributed by atoms with Crippen LogP contribution >= 0.6 is 0 Å². The Morgan fingerprint density at radius 1 is 0.853 bits per heavy atom. The van der Waals surface area contributed by atoms with Gasteiger partial charge in [0.15, 0.2) is 0 Å². The third kappa shape index (κ3) is 3.08. The number of carbonyl (C=O) groups excluding carboxylic acids is 4. The van der Waals surface area contributed by atoms with Crippen molar-refractivity contribution in [3.8, 4) is 5.75 Å². The number of hydrogen-bond donors (Lipinski definition) is 0. The summed E-state index contributed by atoms with van der Waals surface area (Å²) < 4.78 is 20.2. The molecule has 0 saturated carbocycles. The molecule has 34 heavy (non-hydrogen) atoms. The molecule has 0 N–H and O–H groups in total. The van der Waals surface area contributed by atoms with E-state index in [-0.39, 0.29) is 28.1 Å². The summed E-state index contributed by atoms with van der Waals surface area (Å²) in [5, 5.41) is 0. The van der Waals surface area contributed by atoms with Crippen molar-refractivity contribution >= 4 is 35.1 Å². The van der Waals surface area contributed by atoms with Crippen LogP contribution in [0.5, 0.6) is 5.75 Å². The maximum absolute atomic E-state index is 13.6. The molecule has 174 valence electrons. The fourth-order valence-corrected chi connectivity index (χ4v) is 4.31. The van der Waals surface area contributed by atoms with E-state index in [2.05, 4.69) is 0 Å². The Balaban J connectivity index is 2.14. The van der Waals surface area contributed by atoms with E-state index < -0.39 is 29.2 Å². The second-order valence-electron chi connectivity index (χ2n) is 7.45. The second-order valence-corrected chi connectivity index (χ2v) is 7.45. The summed E-state index contributed by atoms with van der Waals surface area (Å²) in [7, 11) is 4.88. The molecule has 0 spiro atoms. The molecule has 4 rings (SSSR count). The third-order valence-electron chi connectivity index (χ3n) is 5.85. The van der Waals surface area contributed by atoms with Crippen LogP contribution in [0.15, 0.2) is 65.9 Å². The monoisotopic (exact) mass is 463 g/mol. The normalized spacial score (nSPS) is 15.7. The molecule has 0 unspecified atom stereocenters. The first-order chi connectivity index (χ1) is 16.3. The topological polar surface area (TPSA) is 108 Å². The van der Waals surface area contributed by atoms with Crippen molar-refractivity contribution in [3.05, 3.63) is 77.0 Å². The maximum Gasteiger partial charge on any atom is 0.344 e. The van der Waals surface area contributed by atoms with Crippen LogP contribution in [0, 0.1) is 0 Å². The number of rotatable bonds is 5. The first kappa shape index (κ1) is 22.8. The van der Waals surface area contributed by atoms with Crippen LogP contribution in [-0.4, -0.2) is 52.3 Å². The van der Waals surface area contributed by atoms with Crippen LogP contribution < -0.4 is 9.64 Å². The van der Waals surface area contributed by atoms with Crippen molar-refractivity contribution < 1.29 is 38.1 Å². The molecule has 0 aromatic heterocycles. The van der Waals surface area contributed by atoms with Crippen molar-refractivity contribution in [2.24, 2.45) is 0 Å². The van der Waals surface area contributed by atoms with Gasteiger partial charge in [0.2, 0.25) is 5.41 Å².